The Morgan fingerprint density at radius 2 is 1.70 bits per heavy atom. The molecule has 0 unspecified atom stereocenters. The molecule has 150 valence electrons. The Kier molecular flexibility index (Phi) is 9.24. The molecule has 0 aliphatic rings. The Morgan fingerprint density at radius 1 is 1.07 bits per heavy atom. The first-order valence-electron chi connectivity index (χ1n) is 8.81. The molecule has 0 fully saturated rings. The van der Waals surface area contributed by atoms with Crippen molar-refractivity contribution in [2.75, 3.05) is 6.54 Å². The third-order valence-electron chi connectivity index (χ3n) is 4.04. The monoisotopic (exact) mass is 380 g/mol. The first-order chi connectivity index (χ1) is 12.7. The van der Waals surface area contributed by atoms with E-state index in [-0.39, 0.29) is 12.2 Å². The minimum Gasteiger partial charge on any atom is -0.508 e. The van der Waals surface area contributed by atoms with Crippen LogP contribution in [0.2, 0.25) is 0 Å². The van der Waals surface area contributed by atoms with Gasteiger partial charge in [0.2, 0.25) is 11.8 Å². The van der Waals surface area contributed by atoms with Gasteiger partial charge in [-0.25, -0.2) is 0 Å². The average Bonchev–Trinajstić information content (AvgIpc) is 2.62. The highest BCUT2D eigenvalue weighted by Gasteiger charge is 2.26. The molecule has 0 aliphatic carbocycles. The van der Waals surface area contributed by atoms with E-state index in [0.717, 1.165) is 5.56 Å². The number of rotatable bonds is 11. The van der Waals surface area contributed by atoms with E-state index >= 15 is 0 Å². The van der Waals surface area contributed by atoms with Gasteiger partial charge in [-0.2, -0.15) is 0 Å². The molecule has 1 aromatic carbocycles. The summed E-state index contributed by atoms with van der Waals surface area (Å²) in [5.41, 5.74) is 12.1. The first kappa shape index (κ1) is 22.4. The van der Waals surface area contributed by atoms with Gasteiger partial charge in [0.05, 0.1) is 6.04 Å². The lowest BCUT2D eigenvalue weighted by Gasteiger charge is -2.22. The summed E-state index contributed by atoms with van der Waals surface area (Å²) in [6.07, 6.45) is 1.83. The second kappa shape index (κ2) is 11.1. The zero-order chi connectivity index (χ0) is 20.4. The number of benzene rings is 1. The van der Waals surface area contributed by atoms with Crippen LogP contribution in [0, 0.1) is 0 Å². The van der Waals surface area contributed by atoms with Crippen molar-refractivity contribution in [3.8, 4) is 5.75 Å². The van der Waals surface area contributed by atoms with Crippen LogP contribution in [-0.4, -0.2) is 52.7 Å². The van der Waals surface area contributed by atoms with Crippen LogP contribution in [0.5, 0.6) is 5.75 Å². The number of phenols is 1. The number of amides is 2. The van der Waals surface area contributed by atoms with E-state index in [0.29, 0.717) is 25.8 Å². The Labute approximate surface area is 158 Å². The molecule has 0 radical (unpaired) electrons. The van der Waals surface area contributed by atoms with Crippen molar-refractivity contribution in [3.63, 3.8) is 0 Å². The second-order valence-corrected chi connectivity index (χ2v) is 6.39. The summed E-state index contributed by atoms with van der Waals surface area (Å²) in [5.74, 6) is -2.15. The lowest BCUT2D eigenvalue weighted by molar-refractivity contribution is -0.141. The number of nitrogens with one attached hydrogen (secondary N) is 2. The molecule has 0 spiro atoms. The summed E-state index contributed by atoms with van der Waals surface area (Å²) < 4.78 is 0. The highest BCUT2D eigenvalue weighted by molar-refractivity contribution is 5.91. The van der Waals surface area contributed by atoms with Crippen molar-refractivity contribution in [3.05, 3.63) is 29.8 Å². The van der Waals surface area contributed by atoms with Crippen LogP contribution in [0.25, 0.3) is 0 Å². The number of carbonyl (C=O) groups excluding carboxylic acids is 2. The van der Waals surface area contributed by atoms with Gasteiger partial charge in [-0.1, -0.05) is 12.1 Å². The van der Waals surface area contributed by atoms with Gasteiger partial charge in [-0.05, 0) is 56.8 Å². The summed E-state index contributed by atoms with van der Waals surface area (Å²) in [5, 5.41) is 23.2. The number of carbonyl (C=O) groups is 3. The molecule has 27 heavy (non-hydrogen) atoms. The lowest BCUT2D eigenvalue weighted by Crippen LogP contribution is -2.54. The van der Waals surface area contributed by atoms with E-state index < -0.39 is 35.9 Å². The molecule has 3 atom stereocenters. The SMILES string of the molecule is C[C@H](NC(=O)[C@H](CCCCN)NC(=O)[C@@H](N)Cc1ccc(O)cc1)C(=O)O. The third kappa shape index (κ3) is 8.06. The van der Waals surface area contributed by atoms with Crippen molar-refractivity contribution in [2.45, 2.75) is 50.7 Å². The van der Waals surface area contributed by atoms with Crippen molar-refractivity contribution < 1.29 is 24.6 Å². The van der Waals surface area contributed by atoms with Gasteiger partial charge in [0.15, 0.2) is 0 Å². The van der Waals surface area contributed by atoms with Crippen LogP contribution in [0.15, 0.2) is 24.3 Å². The molecule has 0 saturated carbocycles. The number of nitrogens with two attached hydrogens (primary N) is 2. The zero-order valence-corrected chi connectivity index (χ0v) is 15.4. The van der Waals surface area contributed by atoms with Crippen molar-refractivity contribution in [2.24, 2.45) is 11.5 Å². The van der Waals surface area contributed by atoms with E-state index in [1.165, 1.54) is 19.1 Å². The van der Waals surface area contributed by atoms with Gasteiger partial charge in [-0.3, -0.25) is 14.4 Å². The van der Waals surface area contributed by atoms with E-state index in [1.54, 1.807) is 12.1 Å². The second-order valence-electron chi connectivity index (χ2n) is 6.39. The number of hydrogen-bond acceptors (Lipinski definition) is 6. The predicted molar refractivity (Wildman–Crippen MR) is 99.9 cm³/mol. The van der Waals surface area contributed by atoms with Crippen LogP contribution in [0.4, 0.5) is 0 Å². The number of unbranched alkanes of at least 4 members (excludes halogenated alkanes) is 1. The van der Waals surface area contributed by atoms with E-state index in [2.05, 4.69) is 10.6 Å². The predicted octanol–water partition coefficient (Wildman–Crippen LogP) is -0.535. The molecule has 0 saturated heterocycles. The summed E-state index contributed by atoms with van der Waals surface area (Å²) in [7, 11) is 0. The molecule has 2 amide bonds. The fourth-order valence-electron chi connectivity index (χ4n) is 2.39. The largest absolute Gasteiger partial charge is 0.508 e. The van der Waals surface area contributed by atoms with Crippen molar-refractivity contribution in [1.29, 1.82) is 0 Å². The zero-order valence-electron chi connectivity index (χ0n) is 15.4. The molecular weight excluding hydrogens is 352 g/mol. The van der Waals surface area contributed by atoms with Crippen molar-refractivity contribution in [1.82, 2.24) is 10.6 Å². The smallest absolute Gasteiger partial charge is 0.325 e. The topological polar surface area (TPSA) is 168 Å². The number of aromatic hydroxyl groups is 1. The number of carboxylic acid groups (broad SMARTS) is 1. The Morgan fingerprint density at radius 3 is 2.26 bits per heavy atom. The van der Waals surface area contributed by atoms with E-state index in [1.807, 2.05) is 0 Å². The number of carboxylic acids is 1. The molecule has 0 aromatic heterocycles. The van der Waals surface area contributed by atoms with Gasteiger partial charge < -0.3 is 32.3 Å². The quantitative estimate of drug-likeness (QED) is 0.280. The molecule has 9 heteroatoms. The average molecular weight is 380 g/mol. The van der Waals surface area contributed by atoms with Crippen LogP contribution < -0.4 is 22.1 Å². The summed E-state index contributed by atoms with van der Waals surface area (Å²) in [4.78, 5) is 35.6. The normalized spacial score (nSPS) is 14.0. The molecule has 1 rings (SSSR count). The maximum Gasteiger partial charge on any atom is 0.325 e. The number of aliphatic carboxylic acids is 1. The minimum absolute atomic E-state index is 0.112. The van der Waals surface area contributed by atoms with Gasteiger partial charge in [0.25, 0.3) is 0 Å². The summed E-state index contributed by atoms with van der Waals surface area (Å²) >= 11 is 0. The molecule has 0 aliphatic heterocycles. The molecule has 9 nitrogen and oxygen atoms in total. The molecule has 1 aromatic rings. The Hall–Kier alpha value is -2.65. The molecule has 8 N–H and O–H groups in total. The summed E-state index contributed by atoms with van der Waals surface area (Å²) in [6.45, 7) is 1.80. The Bertz CT molecular complexity index is 635. The number of hydrogen-bond donors (Lipinski definition) is 6. The highest BCUT2D eigenvalue weighted by atomic mass is 16.4. The third-order valence-corrected chi connectivity index (χ3v) is 4.04. The summed E-state index contributed by atoms with van der Waals surface area (Å²) in [6, 6.07) is 3.45. The number of phenolic OH excluding ortho intramolecular Hbond substituents is 1. The van der Waals surface area contributed by atoms with Crippen LogP contribution in [0.3, 0.4) is 0 Å². The molecular formula is C18H28N4O5. The Balaban J connectivity index is 2.70. The van der Waals surface area contributed by atoms with Crippen LogP contribution in [-0.2, 0) is 20.8 Å². The minimum atomic E-state index is -1.17. The highest BCUT2D eigenvalue weighted by Crippen LogP contribution is 2.11. The lowest BCUT2D eigenvalue weighted by atomic mass is 10.0. The maximum atomic E-state index is 12.4. The van der Waals surface area contributed by atoms with E-state index in [9.17, 15) is 19.5 Å². The first-order valence-corrected chi connectivity index (χ1v) is 8.81. The van der Waals surface area contributed by atoms with Gasteiger partial charge >= 0.3 is 5.97 Å². The van der Waals surface area contributed by atoms with Crippen molar-refractivity contribution >= 4 is 17.8 Å². The van der Waals surface area contributed by atoms with Crippen LogP contribution >= 0.6 is 0 Å². The fraction of sp³-hybridized carbons (Fsp3) is 0.500. The standard InChI is InChI=1S/C18H28N4O5/c1-11(18(26)27)21-17(25)15(4-2-3-9-19)22-16(24)14(20)10-12-5-7-13(23)8-6-12/h5-8,11,14-15,23H,2-4,9-10,19-20H2,1H3,(H,21,25)(H,22,24)(H,26,27)/t11-,14-,15-/m0/s1. The van der Waals surface area contributed by atoms with Gasteiger partial charge in [0.1, 0.15) is 17.8 Å². The van der Waals surface area contributed by atoms with E-state index in [4.69, 9.17) is 16.6 Å². The van der Waals surface area contributed by atoms with Crippen LogP contribution in [0.1, 0.15) is 31.7 Å². The van der Waals surface area contributed by atoms with Gasteiger partial charge in [-0.15, -0.1) is 0 Å². The molecule has 0 bridgehead atoms. The molecule has 0 heterocycles. The van der Waals surface area contributed by atoms with Gasteiger partial charge in [0, 0.05) is 0 Å². The maximum absolute atomic E-state index is 12.4. The fourth-order valence-corrected chi connectivity index (χ4v) is 2.39.